The van der Waals surface area contributed by atoms with E-state index >= 15 is 0 Å². The molecule has 2 aliphatic heterocycles. The zero-order valence-corrected chi connectivity index (χ0v) is 18.4. The maximum Gasteiger partial charge on any atom is 0.404 e. The molecule has 31 heavy (non-hydrogen) atoms. The van der Waals surface area contributed by atoms with Gasteiger partial charge in [0.2, 0.25) is 5.95 Å². The molecule has 2 N–H and O–H groups in total. The first-order valence-corrected chi connectivity index (χ1v) is 11.1. The number of carboxylic acid groups (broad SMARTS) is 1. The summed E-state index contributed by atoms with van der Waals surface area (Å²) < 4.78 is 6.18. The Hall–Kier alpha value is -2.58. The fourth-order valence-corrected chi connectivity index (χ4v) is 4.26. The van der Waals surface area contributed by atoms with E-state index in [-0.39, 0.29) is 12.1 Å². The third-order valence-electron chi connectivity index (χ3n) is 5.81. The highest BCUT2D eigenvalue weighted by atomic mass is 35.5. The molecule has 0 saturated carbocycles. The van der Waals surface area contributed by atoms with Gasteiger partial charge >= 0.3 is 6.09 Å². The van der Waals surface area contributed by atoms with E-state index in [1.54, 1.807) is 0 Å². The van der Waals surface area contributed by atoms with Crippen molar-refractivity contribution in [2.45, 2.75) is 44.9 Å². The lowest BCUT2D eigenvalue weighted by Gasteiger charge is -2.39. The fraction of sp³-hybridized carbons (Fsp3) is 0.500. The van der Waals surface area contributed by atoms with Crippen molar-refractivity contribution in [1.29, 1.82) is 0 Å². The van der Waals surface area contributed by atoms with Crippen molar-refractivity contribution < 1.29 is 14.6 Å². The minimum atomic E-state index is -0.970. The highest BCUT2D eigenvalue weighted by Gasteiger charge is 2.28. The van der Waals surface area contributed by atoms with Crippen LogP contribution in [0.3, 0.4) is 0 Å². The predicted octanol–water partition coefficient (Wildman–Crippen LogP) is 3.19. The molecule has 166 valence electrons. The molecule has 0 unspecified atom stereocenters. The predicted molar refractivity (Wildman–Crippen MR) is 119 cm³/mol. The van der Waals surface area contributed by atoms with E-state index in [9.17, 15) is 4.79 Å². The first-order valence-electron chi connectivity index (χ1n) is 10.7. The van der Waals surface area contributed by atoms with Gasteiger partial charge in [0.15, 0.2) is 0 Å². The third-order valence-corrected chi connectivity index (χ3v) is 6.10. The Morgan fingerprint density at radius 3 is 2.55 bits per heavy atom. The van der Waals surface area contributed by atoms with Gasteiger partial charge in [0.25, 0.3) is 0 Å². The van der Waals surface area contributed by atoms with Crippen LogP contribution in [0.25, 0.3) is 0 Å². The van der Waals surface area contributed by atoms with E-state index in [0.717, 1.165) is 56.0 Å². The van der Waals surface area contributed by atoms with Crippen LogP contribution >= 0.6 is 11.6 Å². The zero-order chi connectivity index (χ0) is 21.8. The lowest BCUT2D eigenvalue weighted by atomic mass is 10.1. The number of benzene rings is 1. The summed E-state index contributed by atoms with van der Waals surface area (Å²) in [4.78, 5) is 24.0. The molecular formula is C22H28ClN5O3. The minimum Gasteiger partial charge on any atom is -0.489 e. The molecule has 0 aliphatic carbocycles. The van der Waals surface area contributed by atoms with E-state index < -0.39 is 6.09 Å². The van der Waals surface area contributed by atoms with Crippen LogP contribution in [-0.4, -0.2) is 64.4 Å². The van der Waals surface area contributed by atoms with Crippen LogP contribution in [0.4, 0.5) is 10.7 Å². The largest absolute Gasteiger partial charge is 0.489 e. The molecule has 0 radical (unpaired) electrons. The topological polar surface area (TPSA) is 90.8 Å². The van der Waals surface area contributed by atoms with Crippen LogP contribution in [0.1, 0.15) is 30.9 Å². The number of hydrogen-bond donors (Lipinski definition) is 2. The summed E-state index contributed by atoms with van der Waals surface area (Å²) in [6, 6.07) is 5.91. The first-order chi connectivity index (χ1) is 15.0. The molecule has 2 fully saturated rings. The number of carbonyl (C=O) groups is 1. The molecule has 0 bridgehead atoms. The Labute approximate surface area is 187 Å². The van der Waals surface area contributed by atoms with E-state index in [1.165, 1.54) is 0 Å². The number of nitrogens with one attached hydrogen (secondary N) is 1. The van der Waals surface area contributed by atoms with Crippen molar-refractivity contribution in [2.75, 3.05) is 31.1 Å². The van der Waals surface area contributed by atoms with Crippen molar-refractivity contribution in [3.8, 4) is 5.75 Å². The minimum absolute atomic E-state index is 0.0106. The number of likely N-dealkylation sites (tertiary alicyclic amines) is 1. The van der Waals surface area contributed by atoms with Gasteiger partial charge in [-0.05, 0) is 29.7 Å². The van der Waals surface area contributed by atoms with Crippen molar-refractivity contribution in [2.24, 2.45) is 0 Å². The van der Waals surface area contributed by atoms with E-state index in [2.05, 4.69) is 32.0 Å². The molecule has 4 rings (SSSR count). The Morgan fingerprint density at radius 2 is 1.94 bits per heavy atom. The average molecular weight is 446 g/mol. The zero-order valence-electron chi connectivity index (χ0n) is 17.6. The normalized spacial score (nSPS) is 17.9. The number of aryl methyl sites for hydroxylation is 1. The summed E-state index contributed by atoms with van der Waals surface area (Å²) in [5.74, 6) is 1.49. The number of amides is 1. The summed E-state index contributed by atoms with van der Waals surface area (Å²) in [7, 11) is 0. The number of piperidine rings is 1. The summed E-state index contributed by atoms with van der Waals surface area (Å²) in [5.41, 5.74) is 2.24. The monoisotopic (exact) mass is 445 g/mol. The average Bonchev–Trinajstić information content (AvgIpc) is 2.74. The second-order valence-electron chi connectivity index (χ2n) is 8.15. The molecule has 1 aromatic carbocycles. The Balaban J connectivity index is 1.25. The summed E-state index contributed by atoms with van der Waals surface area (Å²) in [6.45, 7) is 5.97. The first kappa shape index (κ1) is 21.6. The summed E-state index contributed by atoms with van der Waals surface area (Å²) in [6.07, 6.45) is 5.67. The van der Waals surface area contributed by atoms with E-state index in [1.807, 2.05) is 30.6 Å². The number of nitrogens with zero attached hydrogens (tertiary/aromatic N) is 4. The highest BCUT2D eigenvalue weighted by Crippen LogP contribution is 2.29. The lowest BCUT2D eigenvalue weighted by molar-refractivity contribution is 0.111. The maximum atomic E-state index is 10.7. The Kier molecular flexibility index (Phi) is 6.77. The lowest BCUT2D eigenvalue weighted by Crippen LogP contribution is -2.58. The van der Waals surface area contributed by atoms with Crippen LogP contribution in [0.15, 0.2) is 30.6 Å². The summed E-state index contributed by atoms with van der Waals surface area (Å²) in [5, 5.41) is 11.9. The van der Waals surface area contributed by atoms with Crippen LogP contribution in [0, 0.1) is 0 Å². The standard InChI is InChI=1S/C22H28ClN5O3/c1-2-15-10-24-21(25-11-15)28-7-5-18(6-8-28)31-20-4-3-16(9-19(20)23)12-27-13-17(14-27)26-22(29)30/h3-4,9-11,17-18,26H,2,5-8,12-14H2,1H3,(H,29,30). The number of halogens is 1. The van der Waals surface area contributed by atoms with E-state index in [0.29, 0.717) is 23.9 Å². The number of aromatic nitrogens is 2. The van der Waals surface area contributed by atoms with Gasteiger partial charge in [-0.3, -0.25) is 4.90 Å². The van der Waals surface area contributed by atoms with Crippen LogP contribution in [-0.2, 0) is 13.0 Å². The highest BCUT2D eigenvalue weighted by molar-refractivity contribution is 6.32. The van der Waals surface area contributed by atoms with Crippen molar-refractivity contribution in [3.05, 3.63) is 46.7 Å². The quantitative estimate of drug-likeness (QED) is 0.676. The second-order valence-corrected chi connectivity index (χ2v) is 8.56. The molecule has 8 nitrogen and oxygen atoms in total. The molecule has 0 atom stereocenters. The van der Waals surface area contributed by atoms with E-state index in [4.69, 9.17) is 21.4 Å². The molecule has 2 aromatic rings. The number of ether oxygens (including phenoxy) is 1. The van der Waals surface area contributed by atoms with Crippen molar-refractivity contribution in [3.63, 3.8) is 0 Å². The molecular weight excluding hydrogens is 418 g/mol. The van der Waals surface area contributed by atoms with Crippen LogP contribution in [0.5, 0.6) is 5.75 Å². The number of hydrogen-bond acceptors (Lipinski definition) is 6. The third kappa shape index (κ3) is 5.57. The molecule has 1 aromatic heterocycles. The van der Waals surface area contributed by atoms with Gasteiger partial charge in [0.1, 0.15) is 11.9 Å². The smallest absolute Gasteiger partial charge is 0.404 e. The maximum absolute atomic E-state index is 10.7. The summed E-state index contributed by atoms with van der Waals surface area (Å²) >= 11 is 6.48. The molecule has 0 spiro atoms. The van der Waals surface area contributed by atoms with Gasteiger partial charge in [0.05, 0.1) is 11.1 Å². The van der Waals surface area contributed by atoms with Crippen LogP contribution < -0.4 is 15.0 Å². The molecule has 3 heterocycles. The Morgan fingerprint density at radius 1 is 1.23 bits per heavy atom. The van der Waals surface area contributed by atoms with Crippen molar-refractivity contribution >= 4 is 23.6 Å². The molecule has 9 heteroatoms. The van der Waals surface area contributed by atoms with Crippen molar-refractivity contribution in [1.82, 2.24) is 20.2 Å². The van der Waals surface area contributed by atoms with Gasteiger partial charge in [-0.15, -0.1) is 0 Å². The van der Waals surface area contributed by atoms with Gasteiger partial charge in [-0.2, -0.15) is 0 Å². The Bertz CT molecular complexity index is 897. The van der Waals surface area contributed by atoms with Gasteiger partial charge in [-0.1, -0.05) is 24.6 Å². The van der Waals surface area contributed by atoms with Gasteiger partial charge in [-0.25, -0.2) is 14.8 Å². The molecule has 2 saturated heterocycles. The SMILES string of the molecule is CCc1cnc(N2CCC(Oc3ccc(CN4CC(NC(=O)O)C4)cc3Cl)CC2)nc1. The number of rotatable bonds is 7. The van der Waals surface area contributed by atoms with Crippen LogP contribution in [0.2, 0.25) is 5.02 Å². The fourth-order valence-electron chi connectivity index (χ4n) is 4.01. The second kappa shape index (κ2) is 9.70. The number of anilines is 1. The van der Waals surface area contributed by atoms with Gasteiger partial charge in [0, 0.05) is 58.0 Å². The van der Waals surface area contributed by atoms with Gasteiger partial charge < -0.3 is 20.1 Å². The molecule has 2 aliphatic rings. The molecule has 1 amide bonds.